The fourth-order valence-electron chi connectivity index (χ4n) is 4.67. The second-order valence-electron chi connectivity index (χ2n) is 9.18. The first-order valence-electron chi connectivity index (χ1n) is 12.1. The largest absolute Gasteiger partial charge is 0.293 e. The number of hydrogen-bond acceptors (Lipinski definition) is 5. The molecule has 35 heavy (non-hydrogen) atoms. The number of nitrogens with zero attached hydrogens (tertiary/aromatic N) is 5. The van der Waals surface area contributed by atoms with Gasteiger partial charge in [-0.15, -0.1) is 0 Å². The molecule has 0 aliphatic carbocycles. The number of benzene rings is 2. The normalized spacial score (nSPS) is 15.6. The maximum absolute atomic E-state index is 13.3. The molecule has 1 fully saturated rings. The molecule has 0 spiro atoms. The summed E-state index contributed by atoms with van der Waals surface area (Å²) in [5.74, 6) is 0.911. The average molecular weight is 490 g/mol. The molecule has 3 heterocycles. The van der Waals surface area contributed by atoms with Crippen molar-refractivity contribution in [3.05, 3.63) is 83.3 Å². The molecule has 5 rings (SSSR count). The van der Waals surface area contributed by atoms with E-state index < -0.39 is 10.0 Å². The Hall–Kier alpha value is -3.07. The molecule has 0 atom stereocenters. The van der Waals surface area contributed by atoms with Gasteiger partial charge in [-0.1, -0.05) is 31.2 Å². The molecular formula is C27H31N5O2S. The Morgan fingerprint density at radius 1 is 0.943 bits per heavy atom. The van der Waals surface area contributed by atoms with E-state index in [-0.39, 0.29) is 0 Å². The lowest BCUT2D eigenvalue weighted by Gasteiger charge is -2.34. The van der Waals surface area contributed by atoms with Gasteiger partial charge in [-0.05, 0) is 67.3 Å². The van der Waals surface area contributed by atoms with Gasteiger partial charge in [0.05, 0.1) is 11.4 Å². The van der Waals surface area contributed by atoms with Crippen molar-refractivity contribution < 1.29 is 8.42 Å². The Morgan fingerprint density at radius 3 is 2.40 bits per heavy atom. The summed E-state index contributed by atoms with van der Waals surface area (Å²) in [7, 11) is -3.51. The van der Waals surface area contributed by atoms with Crippen LogP contribution in [0, 0.1) is 13.8 Å². The van der Waals surface area contributed by atoms with E-state index in [0.29, 0.717) is 37.6 Å². The summed E-state index contributed by atoms with van der Waals surface area (Å²) in [6, 6.07) is 18.0. The molecular weight excluding hydrogens is 458 g/mol. The van der Waals surface area contributed by atoms with Crippen molar-refractivity contribution in [2.24, 2.45) is 0 Å². The number of aromatic nitrogens is 3. The molecule has 8 heteroatoms. The molecule has 0 saturated carbocycles. The van der Waals surface area contributed by atoms with Crippen molar-refractivity contribution in [2.75, 3.05) is 26.2 Å². The van der Waals surface area contributed by atoms with E-state index in [2.05, 4.69) is 45.6 Å². The number of sulfonamides is 1. The van der Waals surface area contributed by atoms with E-state index >= 15 is 0 Å². The highest BCUT2D eigenvalue weighted by Crippen LogP contribution is 2.25. The summed E-state index contributed by atoms with van der Waals surface area (Å²) in [6.45, 7) is 8.77. The fourth-order valence-corrected chi connectivity index (χ4v) is 6.40. The highest BCUT2D eigenvalue weighted by Gasteiger charge is 2.30. The minimum atomic E-state index is -3.51. The van der Waals surface area contributed by atoms with Gasteiger partial charge < -0.3 is 0 Å². The number of fused-ring (bicyclic) bond motifs is 1. The standard InChI is InChI=1S/C27H31N5O2S/c1-4-22-9-11-23(12-10-22)32-26(29-24-6-5-13-28-27(24)32)19-30-14-16-31(17-15-30)35(33,34)25-18-20(2)7-8-21(25)3/h5-13,18H,4,14-17,19H2,1-3H3. The third kappa shape index (κ3) is 4.61. The Balaban J connectivity index is 1.37. The summed E-state index contributed by atoms with van der Waals surface area (Å²) in [5.41, 5.74) is 5.75. The second-order valence-corrected chi connectivity index (χ2v) is 11.1. The van der Waals surface area contributed by atoms with Gasteiger partial charge in [0.1, 0.15) is 11.3 Å². The van der Waals surface area contributed by atoms with Crippen LogP contribution in [-0.4, -0.2) is 58.3 Å². The zero-order valence-electron chi connectivity index (χ0n) is 20.5. The van der Waals surface area contributed by atoms with E-state index in [1.165, 1.54) is 5.56 Å². The predicted molar refractivity (Wildman–Crippen MR) is 138 cm³/mol. The van der Waals surface area contributed by atoms with Crippen molar-refractivity contribution in [3.63, 3.8) is 0 Å². The SMILES string of the molecule is CCc1ccc(-n2c(CN3CCN(S(=O)(=O)c4cc(C)ccc4C)CC3)nc3cccnc32)cc1. The number of rotatable bonds is 6. The molecule has 0 unspecified atom stereocenters. The number of pyridine rings is 1. The maximum atomic E-state index is 13.3. The van der Waals surface area contributed by atoms with E-state index in [1.54, 1.807) is 16.6 Å². The fraction of sp³-hybridized carbons (Fsp3) is 0.333. The van der Waals surface area contributed by atoms with Crippen LogP contribution in [-0.2, 0) is 23.0 Å². The van der Waals surface area contributed by atoms with Gasteiger partial charge in [0.2, 0.25) is 10.0 Å². The lowest BCUT2D eigenvalue weighted by atomic mass is 10.1. The zero-order valence-corrected chi connectivity index (χ0v) is 21.3. The van der Waals surface area contributed by atoms with Crippen LogP contribution in [0.15, 0.2) is 65.7 Å². The first-order chi connectivity index (χ1) is 16.9. The summed E-state index contributed by atoms with van der Waals surface area (Å²) < 4.78 is 30.4. The van der Waals surface area contributed by atoms with E-state index in [4.69, 9.17) is 4.98 Å². The van der Waals surface area contributed by atoms with Crippen LogP contribution in [0.4, 0.5) is 0 Å². The van der Waals surface area contributed by atoms with Crippen molar-refractivity contribution >= 4 is 21.2 Å². The quantitative estimate of drug-likeness (QED) is 0.408. The predicted octanol–water partition coefficient (Wildman–Crippen LogP) is 4.11. The Bertz CT molecular complexity index is 1450. The molecule has 0 radical (unpaired) electrons. The minimum Gasteiger partial charge on any atom is -0.293 e. The summed E-state index contributed by atoms with van der Waals surface area (Å²) in [5, 5.41) is 0. The van der Waals surface area contributed by atoms with Gasteiger partial charge in [0.25, 0.3) is 0 Å². The third-order valence-electron chi connectivity index (χ3n) is 6.75. The number of aryl methyl sites for hydroxylation is 3. The smallest absolute Gasteiger partial charge is 0.243 e. The lowest BCUT2D eigenvalue weighted by molar-refractivity contribution is 0.177. The van der Waals surface area contributed by atoms with E-state index in [0.717, 1.165) is 40.2 Å². The van der Waals surface area contributed by atoms with Gasteiger partial charge in [-0.25, -0.2) is 18.4 Å². The molecule has 7 nitrogen and oxygen atoms in total. The van der Waals surface area contributed by atoms with Gasteiger partial charge in [0, 0.05) is 38.1 Å². The Morgan fingerprint density at radius 2 is 1.69 bits per heavy atom. The van der Waals surface area contributed by atoms with Gasteiger partial charge in [-0.2, -0.15) is 4.31 Å². The van der Waals surface area contributed by atoms with Crippen molar-refractivity contribution in [2.45, 2.75) is 38.6 Å². The van der Waals surface area contributed by atoms with Crippen molar-refractivity contribution in [1.82, 2.24) is 23.7 Å². The summed E-state index contributed by atoms with van der Waals surface area (Å²) in [4.78, 5) is 12.2. The summed E-state index contributed by atoms with van der Waals surface area (Å²) in [6.07, 6.45) is 2.78. The van der Waals surface area contributed by atoms with Crippen molar-refractivity contribution in [3.8, 4) is 5.69 Å². The molecule has 182 valence electrons. The Labute approximate surface area is 207 Å². The van der Waals surface area contributed by atoms with Crippen LogP contribution >= 0.6 is 0 Å². The van der Waals surface area contributed by atoms with E-state index in [9.17, 15) is 8.42 Å². The molecule has 4 aromatic rings. The zero-order chi connectivity index (χ0) is 24.6. The molecule has 0 amide bonds. The highest BCUT2D eigenvalue weighted by molar-refractivity contribution is 7.89. The first-order valence-corrected chi connectivity index (χ1v) is 13.5. The van der Waals surface area contributed by atoms with Crippen LogP contribution < -0.4 is 0 Å². The lowest BCUT2D eigenvalue weighted by Crippen LogP contribution is -2.48. The molecule has 0 bridgehead atoms. The van der Waals surface area contributed by atoms with Crippen LogP contribution in [0.3, 0.4) is 0 Å². The van der Waals surface area contributed by atoms with Crippen LogP contribution in [0.1, 0.15) is 29.4 Å². The van der Waals surface area contributed by atoms with E-state index in [1.807, 2.05) is 38.1 Å². The maximum Gasteiger partial charge on any atom is 0.243 e. The molecule has 2 aromatic carbocycles. The van der Waals surface area contributed by atoms with Gasteiger partial charge in [-0.3, -0.25) is 9.47 Å². The molecule has 1 aliphatic heterocycles. The van der Waals surface area contributed by atoms with Crippen molar-refractivity contribution in [1.29, 1.82) is 0 Å². The highest BCUT2D eigenvalue weighted by atomic mass is 32.2. The molecule has 1 saturated heterocycles. The number of hydrogen-bond donors (Lipinski definition) is 0. The average Bonchev–Trinajstić information content (AvgIpc) is 3.23. The Kier molecular flexibility index (Phi) is 6.44. The van der Waals surface area contributed by atoms with Gasteiger partial charge in [0.15, 0.2) is 5.65 Å². The number of piperazine rings is 1. The second kappa shape index (κ2) is 9.53. The third-order valence-corrected chi connectivity index (χ3v) is 8.79. The molecule has 0 N–H and O–H groups in total. The van der Waals surface area contributed by atoms with Gasteiger partial charge >= 0.3 is 0 Å². The number of imidazole rings is 1. The minimum absolute atomic E-state index is 0.411. The topological polar surface area (TPSA) is 71.3 Å². The summed E-state index contributed by atoms with van der Waals surface area (Å²) >= 11 is 0. The molecule has 2 aromatic heterocycles. The first kappa shape index (κ1) is 23.7. The molecule has 1 aliphatic rings. The monoisotopic (exact) mass is 489 g/mol. The van der Waals surface area contributed by atoms with Crippen LogP contribution in [0.2, 0.25) is 0 Å². The van der Waals surface area contributed by atoms with Crippen LogP contribution in [0.5, 0.6) is 0 Å². The van der Waals surface area contributed by atoms with Crippen LogP contribution in [0.25, 0.3) is 16.9 Å².